The Morgan fingerprint density at radius 3 is 2.81 bits per heavy atom. The van der Waals surface area contributed by atoms with Crippen molar-refractivity contribution in [1.29, 1.82) is 0 Å². The van der Waals surface area contributed by atoms with E-state index in [0.29, 0.717) is 18.2 Å². The maximum atomic E-state index is 12.2. The first kappa shape index (κ1) is 13.8. The molecule has 21 heavy (non-hydrogen) atoms. The number of rotatable bonds is 4. The van der Waals surface area contributed by atoms with Crippen molar-refractivity contribution in [3.63, 3.8) is 0 Å². The Morgan fingerprint density at radius 2 is 2.10 bits per heavy atom. The molecule has 0 radical (unpaired) electrons. The number of fused-ring (bicyclic) bond motifs is 1. The monoisotopic (exact) mass is 299 g/mol. The van der Waals surface area contributed by atoms with Gasteiger partial charge in [-0.1, -0.05) is 44.2 Å². The van der Waals surface area contributed by atoms with Crippen molar-refractivity contribution < 1.29 is 4.79 Å². The third kappa shape index (κ3) is 2.83. The zero-order chi connectivity index (χ0) is 14.8. The van der Waals surface area contributed by atoms with Crippen molar-refractivity contribution in [3.8, 4) is 11.3 Å². The molecule has 2 aromatic heterocycles. The molecule has 0 unspecified atom stereocenters. The molecule has 5 heteroatoms. The van der Waals surface area contributed by atoms with Crippen LogP contribution in [0, 0.1) is 5.92 Å². The number of nitrogens with one attached hydrogen (secondary N) is 1. The molecule has 2 heterocycles. The Bertz CT molecular complexity index is 758. The summed E-state index contributed by atoms with van der Waals surface area (Å²) in [5.41, 5.74) is 2.59. The first-order valence-corrected chi connectivity index (χ1v) is 7.83. The molecule has 0 aliphatic heterocycles. The number of carbonyl (C=O) groups excluding carboxylic acids is 1. The number of nitrogens with zero attached hydrogens (tertiary/aromatic N) is 2. The van der Waals surface area contributed by atoms with Gasteiger partial charge in [0, 0.05) is 23.7 Å². The number of hydrogen-bond donors (Lipinski definition) is 1. The molecule has 0 fully saturated rings. The highest BCUT2D eigenvalue weighted by Gasteiger charge is 2.15. The molecule has 1 N–H and O–H groups in total. The fraction of sp³-hybridized carbons (Fsp3) is 0.250. The van der Waals surface area contributed by atoms with Gasteiger partial charge in [-0.2, -0.15) is 0 Å². The van der Waals surface area contributed by atoms with E-state index in [1.807, 2.05) is 46.3 Å². The maximum Gasteiger partial charge on any atom is 0.269 e. The molecule has 3 aromatic rings. The Balaban J connectivity index is 1.91. The summed E-state index contributed by atoms with van der Waals surface area (Å²) in [6.45, 7) is 4.83. The van der Waals surface area contributed by atoms with Crippen LogP contribution in [0.5, 0.6) is 0 Å². The van der Waals surface area contributed by atoms with E-state index in [9.17, 15) is 4.79 Å². The van der Waals surface area contributed by atoms with Gasteiger partial charge in [-0.05, 0) is 5.92 Å². The summed E-state index contributed by atoms with van der Waals surface area (Å²) in [5, 5.41) is 4.80. The zero-order valence-corrected chi connectivity index (χ0v) is 12.9. The van der Waals surface area contributed by atoms with E-state index in [1.54, 1.807) is 0 Å². The van der Waals surface area contributed by atoms with Crippen molar-refractivity contribution in [1.82, 2.24) is 14.7 Å². The van der Waals surface area contributed by atoms with Crippen molar-refractivity contribution in [2.75, 3.05) is 6.54 Å². The van der Waals surface area contributed by atoms with Gasteiger partial charge >= 0.3 is 0 Å². The van der Waals surface area contributed by atoms with Gasteiger partial charge in [0.25, 0.3) is 5.91 Å². The lowest BCUT2D eigenvalue weighted by Gasteiger charge is -2.06. The molecular weight excluding hydrogens is 282 g/mol. The van der Waals surface area contributed by atoms with Gasteiger partial charge in [-0.15, -0.1) is 11.3 Å². The third-order valence-corrected chi connectivity index (χ3v) is 4.02. The molecule has 1 aromatic carbocycles. The minimum Gasteiger partial charge on any atom is -0.350 e. The number of imidazole rings is 1. The number of thiazole rings is 1. The lowest BCUT2D eigenvalue weighted by molar-refractivity contribution is 0.0943. The Hall–Kier alpha value is -2.14. The molecule has 4 nitrogen and oxygen atoms in total. The van der Waals surface area contributed by atoms with Crippen LogP contribution in [-0.4, -0.2) is 21.8 Å². The largest absolute Gasteiger partial charge is 0.350 e. The highest BCUT2D eigenvalue weighted by Crippen LogP contribution is 2.23. The van der Waals surface area contributed by atoms with Crippen LogP contribution in [0.1, 0.15) is 24.3 Å². The average molecular weight is 299 g/mol. The quantitative estimate of drug-likeness (QED) is 0.802. The van der Waals surface area contributed by atoms with Crippen LogP contribution in [0.15, 0.2) is 41.9 Å². The van der Waals surface area contributed by atoms with E-state index in [1.165, 1.54) is 11.3 Å². The molecule has 0 saturated heterocycles. The van der Waals surface area contributed by atoms with Crippen molar-refractivity contribution in [2.24, 2.45) is 5.92 Å². The number of benzene rings is 1. The maximum absolute atomic E-state index is 12.2. The predicted molar refractivity (Wildman–Crippen MR) is 85.7 cm³/mol. The Morgan fingerprint density at radius 1 is 1.33 bits per heavy atom. The summed E-state index contributed by atoms with van der Waals surface area (Å²) in [6, 6.07) is 9.99. The van der Waals surface area contributed by atoms with Crippen LogP contribution in [0.2, 0.25) is 0 Å². The summed E-state index contributed by atoms with van der Waals surface area (Å²) < 4.78 is 1.86. The Kier molecular flexibility index (Phi) is 3.75. The van der Waals surface area contributed by atoms with Gasteiger partial charge < -0.3 is 5.32 Å². The first-order chi connectivity index (χ1) is 10.1. The highest BCUT2D eigenvalue weighted by atomic mass is 32.1. The SMILES string of the molecule is CC(C)CNC(=O)c1csc2nc(-c3ccccc3)cn12. The normalized spacial score (nSPS) is 11.2. The predicted octanol–water partition coefficient (Wildman–Crippen LogP) is 3.45. The highest BCUT2D eigenvalue weighted by molar-refractivity contribution is 7.15. The minimum absolute atomic E-state index is 0.0491. The molecule has 1 amide bonds. The van der Waals surface area contributed by atoms with Gasteiger partial charge in [-0.25, -0.2) is 4.98 Å². The van der Waals surface area contributed by atoms with E-state index in [0.717, 1.165) is 16.2 Å². The van der Waals surface area contributed by atoms with E-state index >= 15 is 0 Å². The second-order valence-corrected chi connectivity index (χ2v) is 6.21. The molecule has 0 aliphatic rings. The smallest absolute Gasteiger partial charge is 0.269 e. The molecule has 0 spiro atoms. The van der Waals surface area contributed by atoms with E-state index in [2.05, 4.69) is 24.1 Å². The Labute approximate surface area is 127 Å². The van der Waals surface area contributed by atoms with Crippen molar-refractivity contribution in [3.05, 3.63) is 47.6 Å². The molecule has 0 aliphatic carbocycles. The van der Waals surface area contributed by atoms with Crippen LogP contribution in [0.3, 0.4) is 0 Å². The lowest BCUT2D eigenvalue weighted by atomic mass is 10.2. The number of hydrogen-bond acceptors (Lipinski definition) is 3. The number of amides is 1. The standard InChI is InChI=1S/C16H17N3OS/c1-11(2)8-17-15(20)14-10-21-16-18-13(9-19(14)16)12-6-4-3-5-7-12/h3-7,9-11H,8H2,1-2H3,(H,17,20). The summed E-state index contributed by atoms with van der Waals surface area (Å²) in [7, 11) is 0. The molecule has 0 bridgehead atoms. The van der Waals surface area contributed by atoms with Crippen LogP contribution >= 0.6 is 11.3 Å². The van der Waals surface area contributed by atoms with E-state index in [4.69, 9.17) is 0 Å². The molecule has 0 saturated carbocycles. The van der Waals surface area contributed by atoms with Crippen molar-refractivity contribution >= 4 is 22.2 Å². The van der Waals surface area contributed by atoms with Gasteiger partial charge in [-0.3, -0.25) is 9.20 Å². The number of carbonyl (C=O) groups is 1. The fourth-order valence-corrected chi connectivity index (χ4v) is 2.94. The van der Waals surface area contributed by atoms with Gasteiger partial charge in [0.15, 0.2) is 4.96 Å². The first-order valence-electron chi connectivity index (χ1n) is 6.95. The zero-order valence-electron chi connectivity index (χ0n) is 12.0. The van der Waals surface area contributed by atoms with Gasteiger partial charge in [0.05, 0.1) is 5.69 Å². The molecule has 0 atom stereocenters. The second kappa shape index (κ2) is 5.69. The van der Waals surface area contributed by atoms with Crippen molar-refractivity contribution in [2.45, 2.75) is 13.8 Å². The third-order valence-electron chi connectivity index (χ3n) is 3.18. The van der Waals surface area contributed by atoms with Crippen LogP contribution in [0.4, 0.5) is 0 Å². The summed E-state index contributed by atoms with van der Waals surface area (Å²) >= 11 is 1.48. The summed E-state index contributed by atoms with van der Waals surface area (Å²) in [5.74, 6) is 0.387. The second-order valence-electron chi connectivity index (χ2n) is 5.37. The molecule has 3 rings (SSSR count). The van der Waals surface area contributed by atoms with Crippen LogP contribution < -0.4 is 5.32 Å². The molecule has 108 valence electrons. The van der Waals surface area contributed by atoms with E-state index < -0.39 is 0 Å². The summed E-state index contributed by atoms with van der Waals surface area (Å²) in [4.78, 5) is 17.6. The average Bonchev–Trinajstić information content (AvgIpc) is 3.05. The van der Waals surface area contributed by atoms with E-state index in [-0.39, 0.29) is 5.91 Å². The van der Waals surface area contributed by atoms with Gasteiger partial charge in [0.2, 0.25) is 0 Å². The number of aromatic nitrogens is 2. The molecular formula is C16H17N3OS. The topological polar surface area (TPSA) is 46.4 Å². The van der Waals surface area contributed by atoms with Crippen LogP contribution in [-0.2, 0) is 0 Å². The van der Waals surface area contributed by atoms with Crippen LogP contribution in [0.25, 0.3) is 16.2 Å². The van der Waals surface area contributed by atoms with Gasteiger partial charge in [0.1, 0.15) is 5.69 Å². The summed E-state index contributed by atoms with van der Waals surface area (Å²) in [6.07, 6.45) is 1.92. The lowest BCUT2D eigenvalue weighted by Crippen LogP contribution is -2.28. The minimum atomic E-state index is -0.0491. The fourth-order valence-electron chi connectivity index (χ4n) is 2.08.